The van der Waals surface area contributed by atoms with E-state index < -0.39 is 5.97 Å². The summed E-state index contributed by atoms with van der Waals surface area (Å²) in [6, 6.07) is 6.28. The van der Waals surface area contributed by atoms with Gasteiger partial charge in [-0.3, -0.25) is 14.4 Å². The molecule has 1 heterocycles. The summed E-state index contributed by atoms with van der Waals surface area (Å²) in [5.41, 5.74) is 0.523. The average molecular weight is 378 g/mol. The molecule has 27 heavy (non-hydrogen) atoms. The highest BCUT2D eigenvalue weighted by Gasteiger charge is 2.29. The monoisotopic (exact) mass is 378 g/mol. The third-order valence-corrected chi connectivity index (χ3v) is 5.07. The normalized spacial score (nSPS) is 18.5. The zero-order valence-corrected chi connectivity index (χ0v) is 15.9. The highest BCUT2D eigenvalue weighted by atomic mass is 19.1. The first-order valence-corrected chi connectivity index (χ1v) is 9.30. The molecule has 0 saturated carbocycles. The van der Waals surface area contributed by atoms with Crippen LogP contribution >= 0.6 is 0 Å². The first-order valence-electron chi connectivity index (χ1n) is 9.30. The van der Waals surface area contributed by atoms with Crippen LogP contribution in [0.25, 0.3) is 0 Å². The Morgan fingerprint density at radius 2 is 1.96 bits per heavy atom. The van der Waals surface area contributed by atoms with E-state index in [1.165, 1.54) is 17.9 Å². The summed E-state index contributed by atoms with van der Waals surface area (Å²) in [7, 11) is 0. The van der Waals surface area contributed by atoms with Gasteiger partial charge < -0.3 is 14.9 Å². The number of amides is 2. The molecule has 1 N–H and O–H groups in total. The van der Waals surface area contributed by atoms with E-state index in [1.54, 1.807) is 30.0 Å². The van der Waals surface area contributed by atoms with Gasteiger partial charge in [0, 0.05) is 32.0 Å². The molecule has 0 bridgehead atoms. The molecular weight excluding hydrogens is 351 g/mol. The molecule has 0 radical (unpaired) electrons. The van der Waals surface area contributed by atoms with Crippen molar-refractivity contribution in [3.63, 3.8) is 0 Å². The maximum absolute atomic E-state index is 13.8. The topological polar surface area (TPSA) is 77.9 Å². The molecule has 2 rings (SSSR count). The second kappa shape index (κ2) is 9.48. The van der Waals surface area contributed by atoms with E-state index in [2.05, 4.69) is 0 Å². The SMILES string of the molecule is CC(=O)N(CC(=O)O)[C@@H]1CCCN(C(=O)[C@H](C)Cc2ccccc2F)CC1. The zero-order chi connectivity index (χ0) is 20.0. The van der Waals surface area contributed by atoms with Crippen LogP contribution in [0.1, 0.15) is 38.7 Å². The Bertz CT molecular complexity index is 694. The molecule has 0 spiro atoms. The molecule has 2 atom stereocenters. The van der Waals surface area contributed by atoms with Crippen molar-refractivity contribution in [1.82, 2.24) is 9.80 Å². The van der Waals surface area contributed by atoms with Crippen LogP contribution < -0.4 is 0 Å². The smallest absolute Gasteiger partial charge is 0.323 e. The molecule has 148 valence electrons. The van der Waals surface area contributed by atoms with Gasteiger partial charge in [-0.05, 0) is 37.3 Å². The van der Waals surface area contributed by atoms with E-state index in [9.17, 15) is 18.8 Å². The third-order valence-electron chi connectivity index (χ3n) is 5.07. The van der Waals surface area contributed by atoms with Crippen LogP contribution in [-0.2, 0) is 20.8 Å². The molecule has 1 aliphatic rings. The molecule has 2 amide bonds. The van der Waals surface area contributed by atoms with Crippen molar-refractivity contribution >= 4 is 17.8 Å². The molecule has 1 aromatic rings. The third kappa shape index (κ3) is 5.77. The number of aliphatic carboxylic acids is 1. The van der Waals surface area contributed by atoms with Crippen LogP contribution in [0.3, 0.4) is 0 Å². The molecule has 1 fully saturated rings. The van der Waals surface area contributed by atoms with E-state index in [0.29, 0.717) is 44.3 Å². The molecule has 0 aliphatic carbocycles. The Kier molecular flexibility index (Phi) is 7.33. The summed E-state index contributed by atoms with van der Waals surface area (Å²) in [6.07, 6.45) is 2.25. The van der Waals surface area contributed by atoms with Gasteiger partial charge >= 0.3 is 5.97 Å². The van der Waals surface area contributed by atoms with Crippen LogP contribution in [0.2, 0.25) is 0 Å². The Morgan fingerprint density at radius 1 is 1.26 bits per heavy atom. The average Bonchev–Trinajstić information content (AvgIpc) is 2.86. The van der Waals surface area contributed by atoms with Gasteiger partial charge in [0.25, 0.3) is 0 Å². The van der Waals surface area contributed by atoms with Crippen LogP contribution in [0, 0.1) is 11.7 Å². The lowest BCUT2D eigenvalue weighted by atomic mass is 9.99. The van der Waals surface area contributed by atoms with E-state index in [4.69, 9.17) is 5.11 Å². The van der Waals surface area contributed by atoms with Gasteiger partial charge in [-0.15, -0.1) is 0 Å². The standard InChI is InChI=1S/C20H27FN2O4/c1-14(12-16-6-3-4-8-18(16)21)20(27)22-10-5-7-17(9-11-22)23(15(2)24)13-19(25)26/h3-4,6,8,14,17H,5,7,9-13H2,1-2H3,(H,25,26)/t14-,17-/m1/s1. The van der Waals surface area contributed by atoms with Crippen molar-refractivity contribution in [3.8, 4) is 0 Å². The summed E-state index contributed by atoms with van der Waals surface area (Å²) < 4.78 is 13.8. The van der Waals surface area contributed by atoms with Crippen LogP contribution in [-0.4, -0.2) is 58.4 Å². The van der Waals surface area contributed by atoms with Crippen LogP contribution in [0.15, 0.2) is 24.3 Å². The number of rotatable bonds is 6. The highest BCUT2D eigenvalue weighted by Crippen LogP contribution is 2.20. The van der Waals surface area contributed by atoms with Crippen molar-refractivity contribution in [1.29, 1.82) is 0 Å². The molecular formula is C20H27FN2O4. The minimum absolute atomic E-state index is 0.0356. The summed E-state index contributed by atoms with van der Waals surface area (Å²) >= 11 is 0. The van der Waals surface area contributed by atoms with E-state index in [0.717, 1.165) is 0 Å². The van der Waals surface area contributed by atoms with Gasteiger partial charge in [-0.25, -0.2) is 4.39 Å². The lowest BCUT2D eigenvalue weighted by Gasteiger charge is -2.29. The largest absolute Gasteiger partial charge is 0.480 e. The maximum Gasteiger partial charge on any atom is 0.323 e. The van der Waals surface area contributed by atoms with Crippen LogP contribution in [0.4, 0.5) is 4.39 Å². The number of carboxylic acids is 1. The lowest BCUT2D eigenvalue weighted by Crippen LogP contribution is -2.43. The second-order valence-electron chi connectivity index (χ2n) is 7.15. The number of hydrogen-bond donors (Lipinski definition) is 1. The summed E-state index contributed by atoms with van der Waals surface area (Å²) in [5.74, 6) is -2.00. The molecule has 6 nitrogen and oxygen atoms in total. The minimum Gasteiger partial charge on any atom is -0.480 e. The second-order valence-corrected chi connectivity index (χ2v) is 7.15. The number of carboxylic acid groups (broad SMARTS) is 1. The molecule has 0 aromatic heterocycles. The Labute approximate surface area is 158 Å². The number of nitrogens with zero attached hydrogens (tertiary/aromatic N) is 2. The van der Waals surface area contributed by atoms with Crippen molar-refractivity contribution in [3.05, 3.63) is 35.6 Å². The van der Waals surface area contributed by atoms with Crippen molar-refractivity contribution in [2.75, 3.05) is 19.6 Å². The summed E-state index contributed by atoms with van der Waals surface area (Å²) in [4.78, 5) is 38.7. The molecule has 1 aliphatic heterocycles. The maximum atomic E-state index is 13.8. The fourth-order valence-corrected chi connectivity index (χ4v) is 3.65. The minimum atomic E-state index is -1.04. The van der Waals surface area contributed by atoms with Gasteiger partial charge in [0.05, 0.1) is 0 Å². The van der Waals surface area contributed by atoms with E-state index in [-0.39, 0.29) is 36.1 Å². The quantitative estimate of drug-likeness (QED) is 0.824. The Morgan fingerprint density at radius 3 is 2.59 bits per heavy atom. The molecule has 7 heteroatoms. The van der Waals surface area contributed by atoms with E-state index in [1.807, 2.05) is 0 Å². The number of carbonyl (C=O) groups is 3. The number of hydrogen-bond acceptors (Lipinski definition) is 3. The summed E-state index contributed by atoms with van der Waals surface area (Å²) in [5, 5.41) is 9.02. The zero-order valence-electron chi connectivity index (χ0n) is 15.9. The van der Waals surface area contributed by atoms with Crippen LogP contribution in [0.5, 0.6) is 0 Å². The van der Waals surface area contributed by atoms with Gasteiger partial charge in [-0.1, -0.05) is 25.1 Å². The Hall–Kier alpha value is -2.44. The fourth-order valence-electron chi connectivity index (χ4n) is 3.65. The highest BCUT2D eigenvalue weighted by molar-refractivity contribution is 5.80. The number of carbonyl (C=O) groups excluding carboxylic acids is 2. The van der Waals surface area contributed by atoms with Gasteiger partial charge in [-0.2, -0.15) is 0 Å². The van der Waals surface area contributed by atoms with Crippen molar-refractivity contribution in [2.45, 2.75) is 45.6 Å². The van der Waals surface area contributed by atoms with E-state index >= 15 is 0 Å². The Balaban J connectivity index is 1.98. The predicted octanol–water partition coefficient (Wildman–Crippen LogP) is 2.32. The molecule has 1 saturated heterocycles. The molecule has 1 aromatic carbocycles. The first-order chi connectivity index (χ1) is 12.8. The fraction of sp³-hybridized carbons (Fsp3) is 0.550. The van der Waals surface area contributed by atoms with Gasteiger partial charge in [0.1, 0.15) is 12.4 Å². The first kappa shape index (κ1) is 20.9. The summed E-state index contributed by atoms with van der Waals surface area (Å²) in [6.45, 7) is 3.87. The van der Waals surface area contributed by atoms with Crippen molar-refractivity contribution in [2.24, 2.45) is 5.92 Å². The van der Waals surface area contributed by atoms with Gasteiger partial charge in [0.15, 0.2) is 0 Å². The van der Waals surface area contributed by atoms with Gasteiger partial charge in [0.2, 0.25) is 11.8 Å². The number of benzene rings is 1. The lowest BCUT2D eigenvalue weighted by molar-refractivity contribution is -0.145. The number of likely N-dealkylation sites (tertiary alicyclic amines) is 1. The predicted molar refractivity (Wildman–Crippen MR) is 98.5 cm³/mol. The molecule has 0 unspecified atom stereocenters. The van der Waals surface area contributed by atoms with Crippen molar-refractivity contribution < 1.29 is 23.9 Å². The number of halogens is 1.